The number of hydrogen-bond donors (Lipinski definition) is 1. The number of carbonyl (C=O) groups is 1. The van der Waals surface area contributed by atoms with Crippen molar-refractivity contribution >= 4 is 34.9 Å². The average molecular weight is 488 g/mol. The predicted octanol–water partition coefficient (Wildman–Crippen LogP) is 6.42. The van der Waals surface area contributed by atoms with Crippen LogP contribution in [-0.2, 0) is 13.2 Å². The normalized spacial score (nSPS) is 10.9. The van der Waals surface area contributed by atoms with Crippen molar-refractivity contribution in [2.45, 2.75) is 27.0 Å². The van der Waals surface area contributed by atoms with Crippen LogP contribution in [0.25, 0.3) is 0 Å². The summed E-state index contributed by atoms with van der Waals surface area (Å²) in [6.07, 6.45) is 1.48. The maximum atomic E-state index is 14.0. The van der Waals surface area contributed by atoms with E-state index in [0.717, 1.165) is 5.56 Å². The third-order valence-corrected chi connectivity index (χ3v) is 5.71. The number of rotatable bonds is 7. The monoisotopic (exact) mass is 487 g/mol. The van der Waals surface area contributed by atoms with Crippen LogP contribution < -0.4 is 10.1 Å². The lowest BCUT2D eigenvalue weighted by Crippen LogP contribution is -2.12. The van der Waals surface area contributed by atoms with Crippen LogP contribution in [0.4, 0.5) is 10.2 Å². The smallest absolute Gasteiger partial charge is 0.292 e. The lowest BCUT2D eigenvalue weighted by Gasteiger charge is -2.07. The van der Waals surface area contributed by atoms with Crippen LogP contribution in [0, 0.1) is 19.7 Å². The summed E-state index contributed by atoms with van der Waals surface area (Å²) in [4.78, 5) is 12.6. The van der Waals surface area contributed by atoms with E-state index in [1.54, 1.807) is 18.2 Å². The van der Waals surface area contributed by atoms with Gasteiger partial charge in [0.1, 0.15) is 29.0 Å². The van der Waals surface area contributed by atoms with E-state index >= 15 is 0 Å². The van der Waals surface area contributed by atoms with Crippen molar-refractivity contribution in [3.8, 4) is 5.75 Å². The van der Waals surface area contributed by atoms with Gasteiger partial charge in [-0.05, 0) is 61.4 Å². The van der Waals surface area contributed by atoms with Gasteiger partial charge in [-0.3, -0.25) is 9.48 Å². The Morgan fingerprint density at radius 1 is 1.12 bits per heavy atom. The number of hydrogen-bond acceptors (Lipinski definition) is 4. The van der Waals surface area contributed by atoms with Crippen molar-refractivity contribution in [3.63, 3.8) is 0 Å². The molecule has 1 amide bonds. The molecule has 33 heavy (non-hydrogen) atoms. The van der Waals surface area contributed by atoms with Gasteiger partial charge < -0.3 is 14.5 Å². The van der Waals surface area contributed by atoms with Gasteiger partial charge in [-0.15, -0.1) is 0 Å². The number of nitrogens with one attached hydrogen (secondary N) is 1. The van der Waals surface area contributed by atoms with Crippen LogP contribution in [0.1, 0.15) is 33.0 Å². The fraction of sp³-hybridized carbons (Fsp3) is 0.167. The zero-order chi connectivity index (χ0) is 23.5. The molecule has 170 valence electrons. The number of nitrogens with zero attached hydrogens (tertiary/aromatic N) is 2. The Hall–Kier alpha value is -3.29. The topological polar surface area (TPSA) is 69.3 Å². The Balaban J connectivity index is 1.39. The molecule has 0 aliphatic heterocycles. The van der Waals surface area contributed by atoms with Gasteiger partial charge in [0.25, 0.3) is 5.91 Å². The zero-order valence-corrected chi connectivity index (χ0v) is 19.4. The molecule has 9 heteroatoms. The van der Waals surface area contributed by atoms with E-state index in [1.807, 2.05) is 32.0 Å². The van der Waals surface area contributed by atoms with E-state index in [1.165, 1.54) is 28.6 Å². The van der Waals surface area contributed by atoms with Crippen LogP contribution in [0.15, 0.2) is 59.1 Å². The summed E-state index contributed by atoms with van der Waals surface area (Å²) in [5.74, 6) is 0.432. The quantitative estimate of drug-likeness (QED) is 0.326. The van der Waals surface area contributed by atoms with Crippen molar-refractivity contribution < 1.29 is 18.3 Å². The molecule has 2 heterocycles. The molecule has 0 unspecified atom stereocenters. The van der Waals surface area contributed by atoms with Crippen LogP contribution in [0.5, 0.6) is 5.75 Å². The first-order valence-corrected chi connectivity index (χ1v) is 10.8. The van der Waals surface area contributed by atoms with Crippen LogP contribution in [0.3, 0.4) is 0 Å². The van der Waals surface area contributed by atoms with Gasteiger partial charge in [-0.25, -0.2) is 4.39 Å². The first-order chi connectivity index (χ1) is 15.8. The maximum Gasteiger partial charge on any atom is 0.292 e. The number of amides is 1. The van der Waals surface area contributed by atoms with Gasteiger partial charge >= 0.3 is 0 Å². The highest BCUT2D eigenvalue weighted by atomic mass is 35.5. The van der Waals surface area contributed by atoms with Gasteiger partial charge in [0, 0.05) is 16.8 Å². The molecule has 2 aromatic heterocycles. The van der Waals surface area contributed by atoms with Gasteiger partial charge in [-0.2, -0.15) is 5.10 Å². The van der Waals surface area contributed by atoms with Crippen LogP contribution in [0.2, 0.25) is 10.0 Å². The predicted molar refractivity (Wildman–Crippen MR) is 125 cm³/mol. The summed E-state index contributed by atoms with van der Waals surface area (Å²) in [5.41, 5.74) is 2.58. The summed E-state index contributed by atoms with van der Waals surface area (Å²) < 4.78 is 26.8. The zero-order valence-electron chi connectivity index (χ0n) is 17.9. The van der Waals surface area contributed by atoms with Gasteiger partial charge in [0.2, 0.25) is 0 Å². The molecule has 0 atom stereocenters. The average Bonchev–Trinajstić information content (AvgIpc) is 3.38. The van der Waals surface area contributed by atoms with Gasteiger partial charge in [-0.1, -0.05) is 35.3 Å². The standard InChI is InChI=1S/C24H20Cl2FN3O3/c1-14-6-7-16(10-15(14)2)32-13-17-8-9-22(33-17)24(31)28-23-20(26)12-30(29-23)11-18-19(25)4-3-5-21(18)27/h3-10,12H,11,13H2,1-2H3,(H,28,29,31). The Kier molecular flexibility index (Phi) is 6.72. The lowest BCUT2D eigenvalue weighted by atomic mass is 10.1. The number of carbonyl (C=O) groups excluding carboxylic acids is 1. The number of anilines is 1. The molecule has 6 nitrogen and oxygen atoms in total. The molecule has 0 spiro atoms. The molecule has 2 aromatic carbocycles. The summed E-state index contributed by atoms with van der Waals surface area (Å²) in [6, 6.07) is 13.4. The number of ether oxygens (including phenoxy) is 1. The molecule has 0 radical (unpaired) electrons. The van der Waals surface area contributed by atoms with Crippen molar-refractivity contribution in [1.29, 1.82) is 0 Å². The first kappa shape index (κ1) is 22.9. The molecule has 1 N–H and O–H groups in total. The lowest BCUT2D eigenvalue weighted by molar-refractivity contribution is 0.0992. The van der Waals surface area contributed by atoms with Crippen LogP contribution in [-0.4, -0.2) is 15.7 Å². The number of benzene rings is 2. The SMILES string of the molecule is Cc1ccc(OCc2ccc(C(=O)Nc3nn(Cc4c(F)cccc4Cl)cc3Cl)o2)cc1C. The van der Waals surface area contributed by atoms with E-state index in [4.69, 9.17) is 32.4 Å². The van der Waals surface area contributed by atoms with E-state index in [-0.39, 0.29) is 40.3 Å². The highest BCUT2D eigenvalue weighted by Gasteiger charge is 2.17. The summed E-state index contributed by atoms with van der Waals surface area (Å²) >= 11 is 12.3. The largest absolute Gasteiger partial charge is 0.486 e. The van der Waals surface area contributed by atoms with E-state index in [9.17, 15) is 9.18 Å². The molecule has 0 fully saturated rings. The van der Waals surface area contributed by atoms with E-state index in [0.29, 0.717) is 11.5 Å². The number of aryl methyl sites for hydroxylation is 2. The maximum absolute atomic E-state index is 14.0. The molecule has 0 saturated carbocycles. The minimum absolute atomic E-state index is 0.0574. The van der Waals surface area contributed by atoms with E-state index in [2.05, 4.69) is 10.4 Å². The van der Waals surface area contributed by atoms with Crippen molar-refractivity contribution in [2.24, 2.45) is 0 Å². The second-order valence-electron chi connectivity index (χ2n) is 7.48. The molecule has 0 saturated heterocycles. The molecular weight excluding hydrogens is 468 g/mol. The third-order valence-electron chi connectivity index (χ3n) is 5.08. The Morgan fingerprint density at radius 3 is 2.70 bits per heavy atom. The van der Waals surface area contributed by atoms with Crippen molar-refractivity contribution in [2.75, 3.05) is 5.32 Å². The summed E-state index contributed by atoms with van der Waals surface area (Å²) in [5, 5.41) is 7.28. The van der Waals surface area contributed by atoms with Gasteiger partial charge in [0.15, 0.2) is 11.6 Å². The van der Waals surface area contributed by atoms with Crippen LogP contribution >= 0.6 is 23.2 Å². The number of aromatic nitrogens is 2. The molecule has 0 aliphatic rings. The third kappa shape index (κ3) is 5.38. The minimum atomic E-state index is -0.525. The summed E-state index contributed by atoms with van der Waals surface area (Å²) in [7, 11) is 0. The molecule has 4 rings (SSSR count). The number of halogens is 3. The number of furan rings is 1. The molecule has 0 bridgehead atoms. The second-order valence-corrected chi connectivity index (χ2v) is 8.29. The van der Waals surface area contributed by atoms with Crippen molar-refractivity contribution in [3.05, 3.63) is 98.8 Å². The highest BCUT2D eigenvalue weighted by molar-refractivity contribution is 6.33. The molecular formula is C24H20Cl2FN3O3. The Morgan fingerprint density at radius 2 is 1.94 bits per heavy atom. The Labute approximate surface area is 199 Å². The molecule has 4 aromatic rings. The Bertz CT molecular complexity index is 1300. The second kappa shape index (κ2) is 9.68. The summed E-state index contributed by atoms with van der Waals surface area (Å²) in [6.45, 7) is 4.27. The first-order valence-electron chi connectivity index (χ1n) is 10.1. The molecule has 0 aliphatic carbocycles. The van der Waals surface area contributed by atoms with E-state index < -0.39 is 11.7 Å². The van der Waals surface area contributed by atoms with Crippen molar-refractivity contribution in [1.82, 2.24) is 9.78 Å². The highest BCUT2D eigenvalue weighted by Crippen LogP contribution is 2.24. The minimum Gasteiger partial charge on any atom is -0.486 e. The fourth-order valence-corrected chi connectivity index (χ4v) is 3.53. The van der Waals surface area contributed by atoms with Gasteiger partial charge in [0.05, 0.1) is 6.54 Å². The fourth-order valence-electron chi connectivity index (χ4n) is 3.11.